The van der Waals surface area contributed by atoms with Crippen molar-refractivity contribution in [1.29, 1.82) is 0 Å². The van der Waals surface area contributed by atoms with Crippen LogP contribution < -0.4 is 5.73 Å². The summed E-state index contributed by atoms with van der Waals surface area (Å²) in [6, 6.07) is 1.52. The van der Waals surface area contributed by atoms with Crippen LogP contribution in [0.1, 0.15) is 25.7 Å². The number of rotatable bonds is 1. The van der Waals surface area contributed by atoms with Crippen LogP contribution in [-0.2, 0) is 0 Å². The first-order valence-electron chi connectivity index (χ1n) is 4.69. The standard InChI is InChI=1S/C9H16N2S.ClH/c1-11-7-2-3-8(11)5-6(4-7)9(10)12;/h6-8H,2-5H2,1H3,(H2,10,12);1H/t6?,7-,8+;. The highest BCUT2D eigenvalue weighted by atomic mass is 35.5. The van der Waals surface area contributed by atoms with Crippen molar-refractivity contribution in [3.8, 4) is 0 Å². The van der Waals surface area contributed by atoms with E-state index < -0.39 is 0 Å². The minimum Gasteiger partial charge on any atom is -0.393 e. The highest BCUT2D eigenvalue weighted by molar-refractivity contribution is 7.80. The fraction of sp³-hybridized carbons (Fsp3) is 0.889. The van der Waals surface area contributed by atoms with Crippen molar-refractivity contribution in [2.45, 2.75) is 37.8 Å². The molecule has 3 atom stereocenters. The van der Waals surface area contributed by atoms with Crippen molar-refractivity contribution in [2.24, 2.45) is 11.7 Å². The Hall–Kier alpha value is 0.140. The van der Waals surface area contributed by atoms with Gasteiger partial charge in [0, 0.05) is 18.0 Å². The van der Waals surface area contributed by atoms with Gasteiger partial charge in [-0.1, -0.05) is 12.2 Å². The molecule has 76 valence electrons. The van der Waals surface area contributed by atoms with E-state index in [4.69, 9.17) is 18.0 Å². The van der Waals surface area contributed by atoms with E-state index in [1.807, 2.05) is 0 Å². The summed E-state index contributed by atoms with van der Waals surface area (Å²) in [5, 5.41) is 0. The van der Waals surface area contributed by atoms with Gasteiger partial charge in [-0.2, -0.15) is 0 Å². The van der Waals surface area contributed by atoms with Gasteiger partial charge in [-0.25, -0.2) is 0 Å². The fourth-order valence-electron chi connectivity index (χ4n) is 2.64. The summed E-state index contributed by atoms with van der Waals surface area (Å²) in [5.74, 6) is 0.522. The summed E-state index contributed by atoms with van der Waals surface area (Å²) in [7, 11) is 2.23. The normalized spacial score (nSPS) is 38.4. The van der Waals surface area contributed by atoms with Gasteiger partial charge < -0.3 is 10.6 Å². The second-order valence-electron chi connectivity index (χ2n) is 4.12. The molecule has 2 bridgehead atoms. The minimum absolute atomic E-state index is 0. The topological polar surface area (TPSA) is 29.3 Å². The lowest BCUT2D eigenvalue weighted by Crippen LogP contribution is -2.43. The van der Waals surface area contributed by atoms with Crippen LogP contribution in [0.15, 0.2) is 0 Å². The third kappa shape index (κ3) is 1.97. The number of piperidine rings is 1. The Bertz CT molecular complexity index is 196. The molecular formula is C9H17ClN2S. The molecule has 0 aromatic heterocycles. The van der Waals surface area contributed by atoms with E-state index in [1.165, 1.54) is 25.7 Å². The van der Waals surface area contributed by atoms with Crippen LogP contribution in [-0.4, -0.2) is 29.0 Å². The van der Waals surface area contributed by atoms with Gasteiger partial charge in [0.1, 0.15) is 0 Å². The maximum Gasteiger partial charge on any atom is 0.0759 e. The Labute approximate surface area is 91.3 Å². The molecule has 2 nitrogen and oxygen atoms in total. The van der Waals surface area contributed by atoms with Gasteiger partial charge in [0.15, 0.2) is 0 Å². The second-order valence-corrected chi connectivity index (χ2v) is 4.59. The second kappa shape index (κ2) is 4.11. The third-order valence-corrected chi connectivity index (χ3v) is 3.83. The van der Waals surface area contributed by atoms with E-state index in [-0.39, 0.29) is 12.4 Å². The molecule has 0 radical (unpaired) electrons. The Morgan fingerprint density at radius 2 is 1.77 bits per heavy atom. The number of hydrogen-bond donors (Lipinski definition) is 1. The molecule has 2 saturated heterocycles. The van der Waals surface area contributed by atoms with Gasteiger partial charge in [0.25, 0.3) is 0 Å². The molecule has 0 saturated carbocycles. The van der Waals surface area contributed by atoms with Gasteiger partial charge >= 0.3 is 0 Å². The van der Waals surface area contributed by atoms with Crippen molar-refractivity contribution in [2.75, 3.05) is 7.05 Å². The number of thiocarbonyl (C=S) groups is 1. The maximum atomic E-state index is 5.68. The zero-order chi connectivity index (χ0) is 8.72. The summed E-state index contributed by atoms with van der Waals surface area (Å²) in [6.45, 7) is 0. The van der Waals surface area contributed by atoms with Crippen LogP contribution in [0.25, 0.3) is 0 Å². The number of fused-ring (bicyclic) bond motifs is 2. The number of hydrogen-bond acceptors (Lipinski definition) is 2. The average molecular weight is 221 g/mol. The first-order chi connectivity index (χ1) is 5.68. The Balaban J connectivity index is 0.000000845. The lowest BCUT2D eigenvalue weighted by Gasteiger charge is -2.35. The molecule has 0 aliphatic carbocycles. The molecule has 2 N–H and O–H groups in total. The summed E-state index contributed by atoms with van der Waals surface area (Å²) >= 11 is 5.05. The van der Waals surface area contributed by atoms with E-state index in [2.05, 4.69) is 11.9 Å². The van der Waals surface area contributed by atoms with Crippen LogP contribution in [0.3, 0.4) is 0 Å². The molecule has 1 unspecified atom stereocenters. The maximum absolute atomic E-state index is 5.68. The van der Waals surface area contributed by atoms with Gasteiger partial charge in [-0.05, 0) is 32.7 Å². The molecule has 2 rings (SSSR count). The zero-order valence-electron chi connectivity index (χ0n) is 7.90. The first kappa shape index (κ1) is 11.2. The van der Waals surface area contributed by atoms with Crippen molar-refractivity contribution in [3.05, 3.63) is 0 Å². The molecule has 13 heavy (non-hydrogen) atoms. The smallest absolute Gasteiger partial charge is 0.0759 e. The molecule has 2 aliphatic rings. The third-order valence-electron chi connectivity index (χ3n) is 3.50. The van der Waals surface area contributed by atoms with E-state index >= 15 is 0 Å². The fourth-order valence-corrected chi connectivity index (χ4v) is 2.84. The van der Waals surface area contributed by atoms with Gasteiger partial charge in [-0.3, -0.25) is 0 Å². The van der Waals surface area contributed by atoms with Crippen molar-refractivity contribution in [3.63, 3.8) is 0 Å². The van der Waals surface area contributed by atoms with Gasteiger partial charge in [-0.15, -0.1) is 12.4 Å². The van der Waals surface area contributed by atoms with E-state index in [0.717, 1.165) is 17.1 Å². The van der Waals surface area contributed by atoms with E-state index in [0.29, 0.717) is 5.92 Å². The molecule has 0 aromatic carbocycles. The molecule has 0 spiro atoms. The molecule has 2 heterocycles. The van der Waals surface area contributed by atoms with Gasteiger partial charge in [0.05, 0.1) is 4.99 Å². The molecule has 2 fully saturated rings. The summed E-state index contributed by atoms with van der Waals surface area (Å²) < 4.78 is 0. The monoisotopic (exact) mass is 220 g/mol. The Morgan fingerprint density at radius 3 is 2.15 bits per heavy atom. The number of halogens is 1. The highest BCUT2D eigenvalue weighted by Gasteiger charge is 2.38. The average Bonchev–Trinajstić information content (AvgIpc) is 2.30. The zero-order valence-corrected chi connectivity index (χ0v) is 9.53. The van der Waals surface area contributed by atoms with Crippen LogP contribution in [0, 0.1) is 5.92 Å². The van der Waals surface area contributed by atoms with Crippen LogP contribution in [0.5, 0.6) is 0 Å². The molecule has 0 aromatic rings. The highest BCUT2D eigenvalue weighted by Crippen LogP contribution is 2.37. The quantitative estimate of drug-likeness (QED) is 0.681. The van der Waals surface area contributed by atoms with E-state index in [9.17, 15) is 0 Å². The molecule has 0 amide bonds. The lowest BCUT2D eigenvalue weighted by atomic mass is 9.91. The molecular weight excluding hydrogens is 204 g/mol. The number of nitrogens with zero attached hydrogens (tertiary/aromatic N) is 1. The predicted octanol–water partition coefficient (Wildman–Crippen LogP) is 1.57. The SMILES string of the molecule is CN1[C@@H]2CC[C@H]1CC(C(N)=S)C2.Cl. The predicted molar refractivity (Wildman–Crippen MR) is 61.3 cm³/mol. The first-order valence-corrected chi connectivity index (χ1v) is 5.10. The number of nitrogens with two attached hydrogens (primary N) is 1. The summed E-state index contributed by atoms with van der Waals surface area (Å²) in [4.78, 5) is 3.24. The Morgan fingerprint density at radius 1 is 1.31 bits per heavy atom. The summed E-state index contributed by atoms with van der Waals surface area (Å²) in [6.07, 6.45) is 5.09. The largest absolute Gasteiger partial charge is 0.393 e. The van der Waals surface area contributed by atoms with Crippen molar-refractivity contribution in [1.82, 2.24) is 4.90 Å². The molecule has 4 heteroatoms. The Kier molecular flexibility index (Phi) is 3.55. The lowest BCUT2D eigenvalue weighted by molar-refractivity contribution is 0.159. The van der Waals surface area contributed by atoms with Crippen LogP contribution in [0.2, 0.25) is 0 Å². The van der Waals surface area contributed by atoms with E-state index in [1.54, 1.807) is 0 Å². The molecule has 2 aliphatic heterocycles. The van der Waals surface area contributed by atoms with Crippen molar-refractivity contribution < 1.29 is 0 Å². The minimum atomic E-state index is 0. The van der Waals surface area contributed by atoms with Crippen LogP contribution >= 0.6 is 24.6 Å². The summed E-state index contributed by atoms with van der Waals surface area (Å²) in [5.41, 5.74) is 5.68. The van der Waals surface area contributed by atoms with Gasteiger partial charge in [0.2, 0.25) is 0 Å². The van der Waals surface area contributed by atoms with Crippen LogP contribution in [0.4, 0.5) is 0 Å². The van der Waals surface area contributed by atoms with Crippen molar-refractivity contribution >= 4 is 29.6 Å².